The smallest absolute Gasteiger partial charge is 0.318 e. The topological polar surface area (TPSA) is 82.3 Å². The van der Waals surface area contributed by atoms with E-state index in [-0.39, 0.29) is 0 Å². The van der Waals surface area contributed by atoms with Crippen molar-refractivity contribution in [2.45, 2.75) is 13.0 Å². The first-order valence-corrected chi connectivity index (χ1v) is 8.81. The van der Waals surface area contributed by atoms with Crippen LogP contribution in [0.3, 0.4) is 0 Å². The fourth-order valence-corrected chi connectivity index (χ4v) is 2.74. The molecule has 6 nitrogen and oxygen atoms in total. The number of nitrogens with zero attached hydrogens (tertiary/aromatic N) is 2. The van der Waals surface area contributed by atoms with E-state index in [9.17, 15) is 0 Å². The zero-order chi connectivity index (χ0) is 19.1. The summed E-state index contributed by atoms with van der Waals surface area (Å²) in [6.07, 6.45) is 0.869. The van der Waals surface area contributed by atoms with Crippen LogP contribution in [0.4, 0.5) is 5.82 Å². The second kappa shape index (κ2) is 9.00. The molecule has 6 heteroatoms. The number of anilines is 1. The molecule has 1 heterocycles. The first kappa shape index (κ1) is 18.7. The molecule has 2 aromatic carbocycles. The highest BCUT2D eigenvalue weighted by Crippen LogP contribution is 2.23. The van der Waals surface area contributed by atoms with Crippen LogP contribution in [0.5, 0.6) is 11.8 Å². The molecule has 0 fully saturated rings. The molecule has 3 aromatic rings. The Bertz CT molecular complexity index is 882. The normalized spacial score (nSPS) is 10.5. The maximum absolute atomic E-state index is 5.74. The van der Waals surface area contributed by atoms with E-state index in [1.807, 2.05) is 42.5 Å². The Kier molecular flexibility index (Phi) is 6.22. The van der Waals surface area contributed by atoms with Gasteiger partial charge in [-0.25, -0.2) is 0 Å². The van der Waals surface area contributed by atoms with Crippen LogP contribution in [0.15, 0.2) is 54.6 Å². The summed E-state index contributed by atoms with van der Waals surface area (Å²) in [5.74, 6) is 1.58. The van der Waals surface area contributed by atoms with Crippen molar-refractivity contribution in [3.63, 3.8) is 0 Å². The minimum absolute atomic E-state index is 0.331. The van der Waals surface area contributed by atoms with Gasteiger partial charge in [0.1, 0.15) is 11.6 Å². The average molecular weight is 364 g/mol. The standard InChI is InChI=1S/C21H24N4O2/c1-26-18-8-6-15(7-9-18)10-11-23-20-13-19(24-21(25-20)27-2)17-5-3-4-16(12-17)14-22/h3-9,12-13H,10-11,14,22H2,1-2H3,(H,23,24,25). The van der Waals surface area contributed by atoms with Gasteiger partial charge >= 0.3 is 6.01 Å². The molecule has 0 aliphatic heterocycles. The minimum atomic E-state index is 0.331. The molecule has 1 aromatic heterocycles. The van der Waals surface area contributed by atoms with Gasteiger partial charge in [0.05, 0.1) is 19.9 Å². The van der Waals surface area contributed by atoms with Gasteiger partial charge in [0.15, 0.2) is 0 Å². The summed E-state index contributed by atoms with van der Waals surface area (Å²) >= 11 is 0. The van der Waals surface area contributed by atoms with E-state index in [1.165, 1.54) is 5.56 Å². The molecular weight excluding hydrogens is 340 g/mol. The van der Waals surface area contributed by atoms with Gasteiger partial charge in [0.25, 0.3) is 0 Å². The summed E-state index contributed by atoms with van der Waals surface area (Å²) in [4.78, 5) is 8.84. The van der Waals surface area contributed by atoms with Crippen LogP contribution in [-0.2, 0) is 13.0 Å². The van der Waals surface area contributed by atoms with E-state index in [0.29, 0.717) is 12.6 Å². The molecule has 27 heavy (non-hydrogen) atoms. The third kappa shape index (κ3) is 4.95. The second-order valence-corrected chi connectivity index (χ2v) is 6.05. The van der Waals surface area contributed by atoms with Crippen LogP contribution in [0.25, 0.3) is 11.3 Å². The number of ether oxygens (including phenoxy) is 2. The molecule has 0 atom stereocenters. The quantitative estimate of drug-likeness (QED) is 0.638. The summed E-state index contributed by atoms with van der Waals surface area (Å²) < 4.78 is 10.4. The van der Waals surface area contributed by atoms with Gasteiger partial charge in [-0.15, -0.1) is 0 Å². The third-order valence-corrected chi connectivity index (χ3v) is 4.23. The van der Waals surface area contributed by atoms with Gasteiger partial charge < -0.3 is 20.5 Å². The molecule has 0 bridgehead atoms. The number of nitrogens with one attached hydrogen (secondary N) is 1. The lowest BCUT2D eigenvalue weighted by atomic mass is 10.1. The van der Waals surface area contributed by atoms with Crippen molar-refractivity contribution < 1.29 is 9.47 Å². The van der Waals surface area contributed by atoms with Crippen LogP contribution in [0.2, 0.25) is 0 Å². The predicted octanol–water partition coefficient (Wildman–Crippen LogP) is 3.27. The van der Waals surface area contributed by atoms with E-state index in [0.717, 1.165) is 41.4 Å². The lowest BCUT2D eigenvalue weighted by molar-refractivity contribution is 0.381. The van der Waals surface area contributed by atoms with Crippen molar-refractivity contribution in [2.24, 2.45) is 5.73 Å². The fourth-order valence-electron chi connectivity index (χ4n) is 2.74. The van der Waals surface area contributed by atoms with Crippen LogP contribution in [0, 0.1) is 0 Å². The maximum atomic E-state index is 5.74. The Morgan fingerprint density at radius 3 is 2.44 bits per heavy atom. The molecular formula is C21H24N4O2. The van der Waals surface area contributed by atoms with Gasteiger partial charge in [-0.1, -0.05) is 30.3 Å². The minimum Gasteiger partial charge on any atom is -0.497 e. The van der Waals surface area contributed by atoms with Gasteiger partial charge in [-0.05, 0) is 35.7 Å². The Balaban J connectivity index is 1.72. The summed E-state index contributed by atoms with van der Waals surface area (Å²) in [7, 11) is 3.23. The number of methoxy groups -OCH3 is 2. The molecule has 0 spiro atoms. The van der Waals surface area contributed by atoms with E-state index in [1.54, 1.807) is 14.2 Å². The second-order valence-electron chi connectivity index (χ2n) is 6.05. The highest BCUT2D eigenvalue weighted by Gasteiger charge is 2.08. The van der Waals surface area contributed by atoms with Crippen molar-refractivity contribution in [3.05, 3.63) is 65.7 Å². The molecule has 0 aliphatic rings. The maximum Gasteiger partial charge on any atom is 0.318 e. The molecule has 3 N–H and O–H groups in total. The SMILES string of the molecule is COc1ccc(CCNc2cc(-c3cccc(CN)c3)nc(OC)n2)cc1. The monoisotopic (exact) mass is 364 g/mol. The fraction of sp³-hybridized carbons (Fsp3) is 0.238. The third-order valence-electron chi connectivity index (χ3n) is 4.23. The first-order valence-electron chi connectivity index (χ1n) is 8.81. The van der Waals surface area contributed by atoms with E-state index in [2.05, 4.69) is 27.4 Å². The molecule has 140 valence electrons. The number of nitrogens with two attached hydrogens (primary N) is 1. The van der Waals surface area contributed by atoms with Crippen LogP contribution in [-0.4, -0.2) is 30.7 Å². The summed E-state index contributed by atoms with van der Waals surface area (Å²) in [5.41, 5.74) is 9.80. The van der Waals surface area contributed by atoms with Gasteiger partial charge in [-0.2, -0.15) is 9.97 Å². The molecule has 0 saturated heterocycles. The van der Waals surface area contributed by atoms with Gasteiger partial charge in [0.2, 0.25) is 0 Å². The summed E-state index contributed by atoms with van der Waals surface area (Å²) in [6.45, 7) is 1.23. The zero-order valence-electron chi connectivity index (χ0n) is 15.6. The van der Waals surface area contributed by atoms with E-state index < -0.39 is 0 Å². The van der Waals surface area contributed by atoms with Crippen LogP contribution < -0.4 is 20.5 Å². The number of hydrogen-bond acceptors (Lipinski definition) is 6. The number of rotatable bonds is 8. The molecule has 0 aliphatic carbocycles. The Labute approximate surface area is 159 Å². The molecule has 0 saturated carbocycles. The van der Waals surface area contributed by atoms with Gasteiger partial charge in [-0.3, -0.25) is 0 Å². The number of hydrogen-bond donors (Lipinski definition) is 2. The van der Waals surface area contributed by atoms with Crippen molar-refractivity contribution >= 4 is 5.82 Å². The average Bonchev–Trinajstić information content (AvgIpc) is 2.74. The molecule has 0 unspecified atom stereocenters. The zero-order valence-corrected chi connectivity index (χ0v) is 15.6. The summed E-state index contributed by atoms with van der Waals surface area (Å²) in [6, 6.07) is 18.3. The van der Waals surface area contributed by atoms with Crippen molar-refractivity contribution in [1.82, 2.24) is 9.97 Å². The highest BCUT2D eigenvalue weighted by molar-refractivity contribution is 5.63. The Morgan fingerprint density at radius 2 is 1.74 bits per heavy atom. The molecule has 3 rings (SSSR count). The van der Waals surface area contributed by atoms with Crippen molar-refractivity contribution in [3.8, 4) is 23.0 Å². The van der Waals surface area contributed by atoms with E-state index >= 15 is 0 Å². The van der Waals surface area contributed by atoms with Crippen molar-refractivity contribution in [2.75, 3.05) is 26.1 Å². The van der Waals surface area contributed by atoms with Crippen molar-refractivity contribution in [1.29, 1.82) is 0 Å². The predicted molar refractivity (Wildman–Crippen MR) is 107 cm³/mol. The first-order chi connectivity index (χ1) is 13.2. The number of benzene rings is 2. The Hall–Kier alpha value is -3.12. The lowest BCUT2D eigenvalue weighted by Crippen LogP contribution is -2.08. The molecule has 0 radical (unpaired) electrons. The lowest BCUT2D eigenvalue weighted by Gasteiger charge is -2.10. The molecule has 0 amide bonds. The number of aromatic nitrogens is 2. The largest absolute Gasteiger partial charge is 0.497 e. The van der Waals surface area contributed by atoms with Crippen LogP contribution in [0.1, 0.15) is 11.1 Å². The Morgan fingerprint density at radius 1 is 0.926 bits per heavy atom. The summed E-state index contributed by atoms with van der Waals surface area (Å²) in [5, 5.41) is 3.35. The van der Waals surface area contributed by atoms with Gasteiger partial charge in [0, 0.05) is 24.7 Å². The highest BCUT2D eigenvalue weighted by atomic mass is 16.5. The van der Waals surface area contributed by atoms with Crippen LogP contribution >= 0.6 is 0 Å². The van der Waals surface area contributed by atoms with E-state index in [4.69, 9.17) is 15.2 Å².